The highest BCUT2D eigenvalue weighted by Gasteiger charge is 2.55. The van der Waals surface area contributed by atoms with E-state index in [0.29, 0.717) is 0 Å². The van der Waals surface area contributed by atoms with Crippen LogP contribution >= 0.6 is 0 Å². The van der Waals surface area contributed by atoms with Gasteiger partial charge in [0.15, 0.2) is 0 Å². The number of fused-ring (bicyclic) bond motifs is 1. The van der Waals surface area contributed by atoms with Crippen LogP contribution in [0.2, 0.25) is 0 Å². The van der Waals surface area contributed by atoms with Crippen LogP contribution in [0.1, 0.15) is 13.3 Å². The number of hydrogen-bond donors (Lipinski definition) is 0. The van der Waals surface area contributed by atoms with Crippen molar-refractivity contribution in [3.8, 4) is 0 Å². The first kappa shape index (κ1) is 3.71. The molecule has 0 nitrogen and oxygen atoms in total. The molecular weight excluding hydrogens is 84.1 g/mol. The summed E-state index contributed by atoms with van der Waals surface area (Å²) in [5.74, 6) is 3.06. The number of rotatable bonds is 0. The molecule has 0 aromatic carbocycles. The maximum absolute atomic E-state index is 3.93. The molecule has 0 aliphatic heterocycles. The average Bonchev–Trinajstić information content (AvgIpc) is 2.07. The molecule has 7 heavy (non-hydrogen) atoms. The van der Waals surface area contributed by atoms with Crippen molar-refractivity contribution in [2.24, 2.45) is 17.8 Å². The van der Waals surface area contributed by atoms with E-state index in [-0.39, 0.29) is 0 Å². The third-order valence-electron chi connectivity index (χ3n) is 2.53. The van der Waals surface area contributed by atoms with Crippen molar-refractivity contribution in [2.75, 3.05) is 0 Å². The molecule has 0 aromatic rings. The molecule has 2 aliphatic carbocycles. The van der Waals surface area contributed by atoms with E-state index < -0.39 is 0 Å². The van der Waals surface area contributed by atoms with Crippen LogP contribution in [0.3, 0.4) is 0 Å². The summed E-state index contributed by atoms with van der Waals surface area (Å²) in [6.45, 7) is 6.26. The second-order valence-electron chi connectivity index (χ2n) is 2.91. The van der Waals surface area contributed by atoms with Crippen LogP contribution in [0.15, 0.2) is 12.2 Å². The maximum Gasteiger partial charge on any atom is -0.0143 e. The standard InChI is InChI=1S/C7H10/c1-4-3-6-5(2)7(4)6/h5-7H,1,3H2,2H3. The largest absolute Gasteiger partial charge is 0.0995 e. The van der Waals surface area contributed by atoms with E-state index in [4.69, 9.17) is 0 Å². The van der Waals surface area contributed by atoms with Crippen LogP contribution in [0.25, 0.3) is 0 Å². The van der Waals surface area contributed by atoms with Crippen LogP contribution in [-0.2, 0) is 0 Å². The Kier molecular flexibility index (Phi) is 0.421. The molecule has 0 saturated heterocycles. The Morgan fingerprint density at radius 1 is 1.71 bits per heavy atom. The third-order valence-corrected chi connectivity index (χ3v) is 2.53. The van der Waals surface area contributed by atoms with Crippen molar-refractivity contribution < 1.29 is 0 Å². The summed E-state index contributed by atoms with van der Waals surface area (Å²) in [6.07, 6.45) is 1.34. The summed E-state index contributed by atoms with van der Waals surface area (Å²) in [5.41, 5.74) is 1.51. The van der Waals surface area contributed by atoms with Gasteiger partial charge in [-0.1, -0.05) is 19.1 Å². The minimum atomic E-state index is 0.972. The van der Waals surface area contributed by atoms with Crippen LogP contribution < -0.4 is 0 Å². The lowest BCUT2D eigenvalue weighted by Gasteiger charge is -2.10. The van der Waals surface area contributed by atoms with Crippen molar-refractivity contribution in [2.45, 2.75) is 13.3 Å². The molecule has 3 atom stereocenters. The lowest BCUT2D eigenvalue weighted by atomic mass is 9.95. The minimum Gasteiger partial charge on any atom is -0.0995 e. The second kappa shape index (κ2) is 0.795. The van der Waals surface area contributed by atoms with E-state index in [1.807, 2.05) is 0 Å². The van der Waals surface area contributed by atoms with Crippen LogP contribution in [0, 0.1) is 17.8 Å². The maximum atomic E-state index is 3.93. The molecule has 0 heteroatoms. The van der Waals surface area contributed by atoms with Crippen molar-refractivity contribution in [3.63, 3.8) is 0 Å². The molecule has 2 rings (SSSR count). The molecule has 3 unspecified atom stereocenters. The fraction of sp³-hybridized carbons (Fsp3) is 0.714. The minimum absolute atomic E-state index is 0.972. The van der Waals surface area contributed by atoms with Gasteiger partial charge in [0.25, 0.3) is 0 Å². The van der Waals surface area contributed by atoms with Crippen molar-refractivity contribution >= 4 is 0 Å². The summed E-state index contributed by atoms with van der Waals surface area (Å²) in [7, 11) is 0. The van der Waals surface area contributed by atoms with Crippen molar-refractivity contribution in [1.82, 2.24) is 0 Å². The Labute approximate surface area is 44.2 Å². The molecule has 2 aliphatic rings. The zero-order chi connectivity index (χ0) is 5.02. The average molecular weight is 94.2 g/mol. The Hall–Kier alpha value is -0.260. The topological polar surface area (TPSA) is 0 Å². The second-order valence-corrected chi connectivity index (χ2v) is 2.91. The van der Waals surface area contributed by atoms with E-state index in [2.05, 4.69) is 13.5 Å². The van der Waals surface area contributed by atoms with E-state index in [0.717, 1.165) is 17.8 Å². The summed E-state index contributed by atoms with van der Waals surface area (Å²) in [6, 6.07) is 0. The van der Waals surface area contributed by atoms with Gasteiger partial charge in [0.1, 0.15) is 0 Å². The monoisotopic (exact) mass is 94.1 g/mol. The smallest absolute Gasteiger partial charge is 0.0143 e. The molecule has 0 N–H and O–H groups in total. The molecular formula is C7H10. The molecule has 0 amide bonds. The first-order chi connectivity index (χ1) is 3.30. The summed E-state index contributed by atoms with van der Waals surface area (Å²) in [5, 5.41) is 0. The van der Waals surface area contributed by atoms with Gasteiger partial charge < -0.3 is 0 Å². The van der Waals surface area contributed by atoms with Crippen molar-refractivity contribution in [1.29, 1.82) is 0 Å². The van der Waals surface area contributed by atoms with Crippen LogP contribution in [0.4, 0.5) is 0 Å². The highest BCUT2D eigenvalue weighted by Crippen LogP contribution is 2.63. The van der Waals surface area contributed by atoms with E-state index in [1.54, 1.807) is 0 Å². The van der Waals surface area contributed by atoms with Gasteiger partial charge in [-0.25, -0.2) is 0 Å². The molecule has 2 fully saturated rings. The SMILES string of the molecule is C=C1CC2C(C)C12. The lowest BCUT2D eigenvalue weighted by molar-refractivity contribution is 0.622. The van der Waals surface area contributed by atoms with Gasteiger partial charge in [0.2, 0.25) is 0 Å². The summed E-state index contributed by atoms with van der Waals surface area (Å²) in [4.78, 5) is 0. The molecule has 0 bridgehead atoms. The zero-order valence-electron chi connectivity index (χ0n) is 4.65. The molecule has 2 saturated carbocycles. The van der Waals surface area contributed by atoms with Gasteiger partial charge in [0.05, 0.1) is 0 Å². The van der Waals surface area contributed by atoms with E-state index in [1.165, 1.54) is 12.0 Å². The summed E-state index contributed by atoms with van der Waals surface area (Å²) >= 11 is 0. The Morgan fingerprint density at radius 3 is 2.43 bits per heavy atom. The Balaban J connectivity index is 2.18. The van der Waals surface area contributed by atoms with Gasteiger partial charge >= 0.3 is 0 Å². The number of hydrogen-bond acceptors (Lipinski definition) is 0. The molecule has 0 heterocycles. The Morgan fingerprint density at radius 2 is 2.43 bits per heavy atom. The molecule has 38 valence electrons. The lowest BCUT2D eigenvalue weighted by Crippen LogP contribution is -1.99. The normalized spacial score (nSPS) is 55.6. The first-order valence-electron chi connectivity index (χ1n) is 2.98. The highest BCUT2D eigenvalue weighted by atomic mass is 14.6. The van der Waals surface area contributed by atoms with E-state index in [9.17, 15) is 0 Å². The quantitative estimate of drug-likeness (QED) is 0.402. The molecule has 0 spiro atoms. The first-order valence-corrected chi connectivity index (χ1v) is 2.98. The van der Waals surface area contributed by atoms with Gasteiger partial charge in [-0.3, -0.25) is 0 Å². The fourth-order valence-corrected chi connectivity index (χ4v) is 1.81. The highest BCUT2D eigenvalue weighted by molar-refractivity contribution is 5.27. The van der Waals surface area contributed by atoms with Crippen LogP contribution in [-0.4, -0.2) is 0 Å². The summed E-state index contributed by atoms with van der Waals surface area (Å²) < 4.78 is 0. The number of allylic oxidation sites excluding steroid dienone is 1. The predicted molar refractivity (Wildman–Crippen MR) is 29.9 cm³/mol. The Bertz CT molecular complexity index is 120. The predicted octanol–water partition coefficient (Wildman–Crippen LogP) is 1.83. The van der Waals surface area contributed by atoms with Crippen molar-refractivity contribution in [3.05, 3.63) is 12.2 Å². The molecule has 0 radical (unpaired) electrons. The van der Waals surface area contributed by atoms with Gasteiger partial charge in [-0.05, 0) is 24.2 Å². The third kappa shape index (κ3) is 0.255. The van der Waals surface area contributed by atoms with Gasteiger partial charge in [0, 0.05) is 0 Å². The van der Waals surface area contributed by atoms with Crippen LogP contribution in [0.5, 0.6) is 0 Å². The van der Waals surface area contributed by atoms with Gasteiger partial charge in [-0.2, -0.15) is 0 Å². The zero-order valence-corrected chi connectivity index (χ0v) is 4.65. The van der Waals surface area contributed by atoms with Gasteiger partial charge in [-0.15, -0.1) is 0 Å². The molecule has 0 aromatic heterocycles. The van der Waals surface area contributed by atoms with E-state index >= 15 is 0 Å². The fourth-order valence-electron chi connectivity index (χ4n) is 1.81.